The fourth-order valence-electron chi connectivity index (χ4n) is 2.81. The van der Waals surface area contributed by atoms with Crippen LogP contribution in [0.25, 0.3) is 0 Å². The predicted octanol–water partition coefficient (Wildman–Crippen LogP) is 3.81. The molecule has 3 heteroatoms. The first-order valence-corrected chi connectivity index (χ1v) is 6.58. The third-order valence-corrected chi connectivity index (χ3v) is 4.27. The average molecular weight is 282 g/mol. The molecule has 1 heterocycles. The van der Waals surface area contributed by atoms with Crippen molar-refractivity contribution in [2.45, 2.75) is 38.8 Å². The second-order valence-corrected chi connectivity index (χ2v) is 6.37. The van der Waals surface area contributed by atoms with Crippen LogP contribution in [0, 0.1) is 5.41 Å². The van der Waals surface area contributed by atoms with Gasteiger partial charge in [0.05, 0.1) is 11.7 Å². The van der Waals surface area contributed by atoms with Gasteiger partial charge in [-0.3, -0.25) is 0 Å². The van der Waals surface area contributed by atoms with Gasteiger partial charge in [-0.2, -0.15) is 0 Å². The Labute approximate surface area is 105 Å². The van der Waals surface area contributed by atoms with E-state index in [9.17, 15) is 0 Å². The molecule has 1 saturated carbocycles. The molecule has 2 unspecified atom stereocenters. The van der Waals surface area contributed by atoms with Crippen molar-refractivity contribution in [2.75, 3.05) is 5.32 Å². The minimum Gasteiger partial charge on any atom is -0.486 e. The van der Waals surface area contributed by atoms with E-state index in [0.717, 1.165) is 15.9 Å². The normalized spacial score (nSPS) is 29.9. The number of hydrogen-bond acceptors (Lipinski definition) is 2. The van der Waals surface area contributed by atoms with Crippen molar-refractivity contribution in [3.8, 4) is 5.75 Å². The molecule has 0 saturated heterocycles. The Morgan fingerprint density at radius 3 is 3.06 bits per heavy atom. The first-order chi connectivity index (χ1) is 7.56. The Bertz CT molecular complexity index is 430. The van der Waals surface area contributed by atoms with Crippen LogP contribution in [0.4, 0.5) is 5.69 Å². The first-order valence-electron chi connectivity index (χ1n) is 5.79. The Morgan fingerprint density at radius 2 is 2.25 bits per heavy atom. The molecule has 86 valence electrons. The summed E-state index contributed by atoms with van der Waals surface area (Å²) in [4.78, 5) is 0. The molecule has 16 heavy (non-hydrogen) atoms. The summed E-state index contributed by atoms with van der Waals surface area (Å²) in [6.45, 7) is 4.59. The van der Waals surface area contributed by atoms with Crippen LogP contribution in [0.15, 0.2) is 22.7 Å². The summed E-state index contributed by atoms with van der Waals surface area (Å²) in [6, 6.07) is 6.63. The number of benzene rings is 1. The first kappa shape index (κ1) is 10.5. The summed E-state index contributed by atoms with van der Waals surface area (Å²) in [5.41, 5.74) is 1.40. The van der Waals surface area contributed by atoms with E-state index in [2.05, 4.69) is 41.2 Å². The molecule has 3 rings (SSSR count). The van der Waals surface area contributed by atoms with Gasteiger partial charge in [0.15, 0.2) is 0 Å². The van der Waals surface area contributed by atoms with E-state index >= 15 is 0 Å². The molecular formula is C13H16BrNO. The van der Waals surface area contributed by atoms with E-state index in [1.165, 1.54) is 12.8 Å². The second kappa shape index (κ2) is 3.39. The lowest BCUT2D eigenvalue weighted by Gasteiger charge is -2.36. The van der Waals surface area contributed by atoms with E-state index in [1.54, 1.807) is 0 Å². The summed E-state index contributed by atoms with van der Waals surface area (Å²) in [6.07, 6.45) is 2.73. The Hall–Kier alpha value is -0.700. The minimum atomic E-state index is 0.280. The summed E-state index contributed by atoms with van der Waals surface area (Å²) in [7, 11) is 0. The third kappa shape index (κ3) is 1.53. The zero-order valence-corrected chi connectivity index (χ0v) is 11.2. The van der Waals surface area contributed by atoms with Gasteiger partial charge >= 0.3 is 0 Å². The molecule has 0 aromatic heterocycles. The molecular weight excluding hydrogens is 266 g/mol. The third-order valence-electron chi connectivity index (χ3n) is 3.77. The van der Waals surface area contributed by atoms with E-state index < -0.39 is 0 Å². The molecule has 1 aromatic carbocycles. The van der Waals surface area contributed by atoms with Crippen molar-refractivity contribution >= 4 is 21.6 Å². The van der Waals surface area contributed by atoms with Crippen molar-refractivity contribution in [3.05, 3.63) is 22.7 Å². The van der Waals surface area contributed by atoms with Crippen molar-refractivity contribution in [2.24, 2.45) is 5.41 Å². The van der Waals surface area contributed by atoms with Crippen LogP contribution in [0.1, 0.15) is 26.7 Å². The molecule has 1 aromatic rings. The van der Waals surface area contributed by atoms with Crippen LogP contribution in [0.5, 0.6) is 5.75 Å². The van der Waals surface area contributed by atoms with Gasteiger partial charge in [-0.05, 0) is 31.0 Å². The van der Waals surface area contributed by atoms with Gasteiger partial charge in [-0.25, -0.2) is 0 Å². The van der Waals surface area contributed by atoms with Gasteiger partial charge in [0.2, 0.25) is 0 Å². The Balaban J connectivity index is 1.97. The largest absolute Gasteiger partial charge is 0.486 e. The molecule has 0 bridgehead atoms. The van der Waals surface area contributed by atoms with E-state index in [0.29, 0.717) is 12.1 Å². The zero-order chi connectivity index (χ0) is 11.3. The molecule has 0 radical (unpaired) electrons. The lowest BCUT2D eigenvalue weighted by atomic mass is 9.88. The number of rotatable bonds is 0. The number of hydrogen-bond donors (Lipinski definition) is 1. The van der Waals surface area contributed by atoms with Gasteiger partial charge < -0.3 is 10.1 Å². The van der Waals surface area contributed by atoms with E-state index in [4.69, 9.17) is 4.74 Å². The quantitative estimate of drug-likeness (QED) is 0.781. The van der Waals surface area contributed by atoms with Gasteiger partial charge in [-0.1, -0.05) is 29.8 Å². The monoisotopic (exact) mass is 281 g/mol. The maximum Gasteiger partial charge on any atom is 0.143 e. The molecule has 2 atom stereocenters. The van der Waals surface area contributed by atoms with Crippen molar-refractivity contribution in [1.82, 2.24) is 0 Å². The SMILES string of the molecule is CC1(C)CCC2Nc3cc(Br)ccc3OC21. The molecule has 1 fully saturated rings. The van der Waals surface area contributed by atoms with Gasteiger partial charge in [-0.15, -0.1) is 0 Å². The summed E-state index contributed by atoms with van der Waals surface area (Å²) >= 11 is 3.49. The van der Waals surface area contributed by atoms with Crippen molar-refractivity contribution in [1.29, 1.82) is 0 Å². The number of anilines is 1. The standard InChI is InChI=1S/C13H16BrNO/c1-13(2)6-5-9-12(13)16-11-4-3-8(14)7-10(11)15-9/h3-4,7,9,12,15H,5-6H2,1-2H3. The molecule has 0 spiro atoms. The maximum absolute atomic E-state index is 6.14. The van der Waals surface area contributed by atoms with E-state index in [-0.39, 0.29) is 5.41 Å². The number of fused-ring (bicyclic) bond motifs is 2. The maximum atomic E-state index is 6.14. The highest BCUT2D eigenvalue weighted by Crippen LogP contribution is 2.46. The Kier molecular flexibility index (Phi) is 2.22. The number of ether oxygens (including phenoxy) is 1. The molecule has 1 aliphatic heterocycles. The van der Waals surface area contributed by atoms with Crippen LogP contribution in [0.2, 0.25) is 0 Å². The van der Waals surface area contributed by atoms with Crippen LogP contribution in [0.3, 0.4) is 0 Å². The summed E-state index contributed by atoms with van der Waals surface area (Å²) in [5.74, 6) is 0.986. The zero-order valence-electron chi connectivity index (χ0n) is 9.59. The number of halogens is 1. The average Bonchev–Trinajstić information content (AvgIpc) is 2.52. The minimum absolute atomic E-state index is 0.280. The lowest BCUT2D eigenvalue weighted by molar-refractivity contribution is 0.0901. The molecule has 2 nitrogen and oxygen atoms in total. The predicted molar refractivity (Wildman–Crippen MR) is 69.0 cm³/mol. The highest BCUT2D eigenvalue weighted by Gasteiger charge is 2.46. The Morgan fingerprint density at radius 1 is 1.44 bits per heavy atom. The van der Waals surface area contributed by atoms with E-state index in [1.807, 2.05) is 12.1 Å². The lowest BCUT2D eigenvalue weighted by Crippen LogP contribution is -2.43. The van der Waals surface area contributed by atoms with Gasteiger partial charge in [0.1, 0.15) is 11.9 Å². The van der Waals surface area contributed by atoms with Gasteiger partial charge in [0, 0.05) is 9.89 Å². The molecule has 1 N–H and O–H groups in total. The van der Waals surface area contributed by atoms with Crippen LogP contribution in [-0.4, -0.2) is 12.1 Å². The van der Waals surface area contributed by atoms with Crippen LogP contribution >= 0.6 is 15.9 Å². The van der Waals surface area contributed by atoms with Crippen molar-refractivity contribution < 1.29 is 4.74 Å². The second-order valence-electron chi connectivity index (χ2n) is 5.46. The summed E-state index contributed by atoms with van der Waals surface area (Å²) < 4.78 is 7.24. The van der Waals surface area contributed by atoms with Crippen LogP contribution in [-0.2, 0) is 0 Å². The highest BCUT2D eigenvalue weighted by molar-refractivity contribution is 9.10. The topological polar surface area (TPSA) is 21.3 Å². The molecule has 1 aliphatic carbocycles. The molecule has 0 amide bonds. The molecule has 2 aliphatic rings. The summed E-state index contributed by atoms with van der Waals surface area (Å²) in [5, 5.41) is 3.60. The fraction of sp³-hybridized carbons (Fsp3) is 0.538. The fourth-order valence-corrected chi connectivity index (χ4v) is 3.17. The highest BCUT2D eigenvalue weighted by atomic mass is 79.9. The van der Waals surface area contributed by atoms with Gasteiger partial charge in [0.25, 0.3) is 0 Å². The smallest absolute Gasteiger partial charge is 0.143 e. The van der Waals surface area contributed by atoms with Crippen molar-refractivity contribution in [3.63, 3.8) is 0 Å². The van der Waals surface area contributed by atoms with Crippen LogP contribution < -0.4 is 10.1 Å². The number of nitrogens with one attached hydrogen (secondary N) is 1.